The maximum absolute atomic E-state index is 4.80. The first-order valence-electron chi connectivity index (χ1n) is 15.5. The van der Waals surface area contributed by atoms with Crippen LogP contribution in [0.25, 0.3) is 0 Å². The Kier molecular flexibility index (Phi) is 10.1. The van der Waals surface area contributed by atoms with Crippen LogP contribution >= 0.6 is 0 Å². The summed E-state index contributed by atoms with van der Waals surface area (Å²) >= 11 is 0. The smallest absolute Gasteiger partial charge is 0.258 e. The van der Waals surface area contributed by atoms with Gasteiger partial charge in [-0.3, -0.25) is 9.80 Å². The summed E-state index contributed by atoms with van der Waals surface area (Å²) < 4.78 is 0. The van der Waals surface area contributed by atoms with Gasteiger partial charge >= 0.3 is 0 Å². The minimum Gasteiger partial charge on any atom is -0.296 e. The quantitative estimate of drug-likeness (QED) is 0.314. The molecule has 2 saturated heterocycles. The van der Waals surface area contributed by atoms with Crippen LogP contribution in [0.1, 0.15) is 121 Å². The summed E-state index contributed by atoms with van der Waals surface area (Å²) in [5.74, 6) is 0.751. The molecule has 8 nitrogen and oxygen atoms in total. The van der Waals surface area contributed by atoms with Gasteiger partial charge in [0.2, 0.25) is 0 Å². The van der Waals surface area contributed by atoms with Crippen LogP contribution in [-0.4, -0.2) is 96.2 Å². The molecule has 0 aliphatic carbocycles. The molecule has 8 heteroatoms. The molecule has 224 valence electrons. The standard InChI is InChI=1S/C31H60N8/c1-13-15-17-37(25-19-28(3,4)35(11)29(5,6)20-25)39(27-33-23-32-24-34-27)38(18-16-14-2)26-21-30(7,8)36(12)31(9,10)22-26/h23-26H,13-22H2,1-12H3. The second kappa shape index (κ2) is 12.3. The molecule has 0 atom stereocenters. The van der Waals surface area contributed by atoms with E-state index >= 15 is 0 Å². The van der Waals surface area contributed by atoms with Crippen LogP contribution in [0.2, 0.25) is 0 Å². The molecule has 0 unspecified atom stereocenters. The molecule has 2 fully saturated rings. The summed E-state index contributed by atoms with van der Waals surface area (Å²) in [5, 5.41) is 7.74. The van der Waals surface area contributed by atoms with Crippen LogP contribution in [0, 0.1) is 0 Å². The predicted molar refractivity (Wildman–Crippen MR) is 163 cm³/mol. The Hall–Kier alpha value is -1.35. The largest absolute Gasteiger partial charge is 0.296 e. The summed E-state index contributed by atoms with van der Waals surface area (Å²) in [4.78, 5) is 19.0. The van der Waals surface area contributed by atoms with Gasteiger partial charge in [0.15, 0.2) is 0 Å². The van der Waals surface area contributed by atoms with E-state index in [1.54, 1.807) is 12.7 Å². The molecule has 1 aromatic heterocycles. The van der Waals surface area contributed by atoms with E-state index in [0.717, 1.165) is 70.4 Å². The molecule has 2 aliphatic heterocycles. The second-order valence-corrected chi connectivity index (χ2v) is 14.8. The zero-order valence-corrected chi connectivity index (χ0v) is 27.5. The third-order valence-corrected chi connectivity index (χ3v) is 10.0. The summed E-state index contributed by atoms with van der Waals surface area (Å²) in [6.45, 7) is 25.8. The maximum Gasteiger partial charge on any atom is 0.258 e. The average molecular weight is 545 g/mol. The van der Waals surface area contributed by atoms with E-state index < -0.39 is 0 Å². The Bertz CT molecular complexity index is 809. The zero-order valence-electron chi connectivity index (χ0n) is 27.5. The Balaban J connectivity index is 2.14. The molecular formula is C31H60N8. The number of likely N-dealkylation sites (tertiary alicyclic amines) is 2. The van der Waals surface area contributed by atoms with Crippen LogP contribution in [0.15, 0.2) is 12.7 Å². The number of nitrogens with zero attached hydrogens (tertiary/aromatic N) is 8. The van der Waals surface area contributed by atoms with E-state index in [1.165, 1.54) is 0 Å². The lowest BCUT2D eigenvalue weighted by Gasteiger charge is -2.60. The predicted octanol–water partition coefficient (Wildman–Crippen LogP) is 6.02. The average Bonchev–Trinajstić information content (AvgIpc) is 2.84. The van der Waals surface area contributed by atoms with E-state index in [-0.39, 0.29) is 22.2 Å². The number of unbranched alkanes of at least 4 members (excludes halogenated alkanes) is 2. The minimum absolute atomic E-state index is 0.0907. The van der Waals surface area contributed by atoms with E-state index in [2.05, 4.69) is 113 Å². The van der Waals surface area contributed by atoms with E-state index in [9.17, 15) is 0 Å². The number of piperidine rings is 2. The molecule has 39 heavy (non-hydrogen) atoms. The van der Waals surface area contributed by atoms with E-state index in [1.807, 2.05) is 0 Å². The van der Waals surface area contributed by atoms with Gasteiger partial charge in [0.1, 0.15) is 12.7 Å². The van der Waals surface area contributed by atoms with Crippen molar-refractivity contribution in [3.8, 4) is 0 Å². The summed E-state index contributed by atoms with van der Waals surface area (Å²) in [6.07, 6.45) is 12.3. The number of aromatic nitrogens is 3. The van der Waals surface area contributed by atoms with Crippen LogP contribution < -0.4 is 5.12 Å². The van der Waals surface area contributed by atoms with Crippen LogP contribution in [-0.2, 0) is 0 Å². The number of hydrogen-bond donors (Lipinski definition) is 0. The normalized spacial score (nSPS) is 23.9. The molecule has 3 heterocycles. The molecule has 0 aromatic carbocycles. The van der Waals surface area contributed by atoms with Crippen molar-refractivity contribution in [3.05, 3.63) is 12.7 Å². The van der Waals surface area contributed by atoms with Crippen molar-refractivity contribution in [3.63, 3.8) is 0 Å². The molecule has 0 saturated carbocycles. The van der Waals surface area contributed by atoms with E-state index in [4.69, 9.17) is 9.97 Å². The third kappa shape index (κ3) is 7.11. The zero-order chi connectivity index (χ0) is 29.2. The second-order valence-electron chi connectivity index (χ2n) is 14.8. The lowest BCUT2D eigenvalue weighted by atomic mass is 9.77. The first-order valence-corrected chi connectivity index (χ1v) is 15.5. The molecule has 0 radical (unpaired) electrons. The minimum atomic E-state index is 0.0907. The van der Waals surface area contributed by atoms with Crippen LogP contribution in [0.5, 0.6) is 0 Å². The van der Waals surface area contributed by atoms with Gasteiger partial charge in [-0.05, 0) is 108 Å². The van der Waals surface area contributed by atoms with Gasteiger partial charge in [-0.1, -0.05) is 26.7 Å². The number of rotatable bonds is 11. The van der Waals surface area contributed by atoms with Gasteiger partial charge in [-0.25, -0.2) is 4.98 Å². The van der Waals surface area contributed by atoms with Crippen molar-refractivity contribution in [1.29, 1.82) is 0 Å². The first kappa shape index (κ1) is 32.2. The summed E-state index contributed by atoms with van der Waals surface area (Å²) in [7, 11) is 4.60. The summed E-state index contributed by atoms with van der Waals surface area (Å²) in [6, 6.07) is 0.761. The Morgan fingerprint density at radius 1 is 0.667 bits per heavy atom. The number of hydrogen-bond acceptors (Lipinski definition) is 8. The molecule has 0 N–H and O–H groups in total. The van der Waals surface area contributed by atoms with Gasteiger partial charge in [0.05, 0.1) is 0 Å². The fraction of sp³-hybridized carbons (Fsp3) is 0.903. The topological polar surface area (TPSA) is 54.9 Å². The van der Waals surface area contributed by atoms with Crippen molar-refractivity contribution < 1.29 is 0 Å². The molecule has 1 aromatic rings. The molecule has 0 bridgehead atoms. The van der Waals surface area contributed by atoms with Crippen molar-refractivity contribution in [2.24, 2.45) is 0 Å². The monoisotopic (exact) mass is 544 g/mol. The summed E-state index contributed by atoms with van der Waals surface area (Å²) in [5.41, 5.74) is 0.363. The van der Waals surface area contributed by atoms with Crippen molar-refractivity contribution in [2.45, 2.75) is 155 Å². The van der Waals surface area contributed by atoms with Gasteiger partial charge in [0, 0.05) is 47.3 Å². The lowest BCUT2D eigenvalue weighted by molar-refractivity contribution is -0.0928. The SMILES string of the molecule is CCCCN(C1CC(C)(C)N(C)C(C)(C)C1)N(c1ncncn1)N(CCCC)C1CC(C)(C)N(C)C(C)(C)C1. The molecular weight excluding hydrogens is 484 g/mol. The van der Waals surface area contributed by atoms with Crippen LogP contribution in [0.3, 0.4) is 0 Å². The molecule has 0 spiro atoms. The van der Waals surface area contributed by atoms with Gasteiger partial charge in [0.25, 0.3) is 5.95 Å². The third-order valence-electron chi connectivity index (χ3n) is 10.0. The van der Waals surface area contributed by atoms with Crippen LogP contribution in [0.4, 0.5) is 5.95 Å². The van der Waals surface area contributed by atoms with E-state index in [0.29, 0.717) is 12.1 Å². The Morgan fingerprint density at radius 2 is 1.00 bits per heavy atom. The highest BCUT2D eigenvalue weighted by Crippen LogP contribution is 2.43. The highest BCUT2D eigenvalue weighted by atomic mass is 15.9. The fourth-order valence-corrected chi connectivity index (χ4v) is 7.28. The molecule has 2 aliphatic rings. The Labute approximate surface area is 240 Å². The highest BCUT2D eigenvalue weighted by Gasteiger charge is 2.49. The first-order chi connectivity index (χ1) is 18.1. The lowest BCUT2D eigenvalue weighted by Crippen LogP contribution is -2.70. The van der Waals surface area contributed by atoms with Crippen molar-refractivity contribution in [1.82, 2.24) is 34.8 Å². The van der Waals surface area contributed by atoms with Gasteiger partial charge in [-0.15, -0.1) is 0 Å². The molecule has 3 rings (SSSR count). The number of hydrazine groups is 2. The Morgan fingerprint density at radius 3 is 1.31 bits per heavy atom. The highest BCUT2D eigenvalue weighted by molar-refractivity contribution is 5.25. The molecule has 0 amide bonds. The van der Waals surface area contributed by atoms with Gasteiger partial charge in [-0.2, -0.15) is 25.1 Å². The van der Waals surface area contributed by atoms with Crippen molar-refractivity contribution in [2.75, 3.05) is 32.3 Å². The number of anilines is 1. The van der Waals surface area contributed by atoms with Gasteiger partial charge < -0.3 is 0 Å². The maximum atomic E-state index is 4.80. The fourth-order valence-electron chi connectivity index (χ4n) is 7.28. The van der Waals surface area contributed by atoms with Crippen molar-refractivity contribution >= 4 is 5.95 Å².